The Morgan fingerprint density at radius 2 is 1.14 bits per heavy atom. The van der Waals surface area contributed by atoms with Crippen molar-refractivity contribution in [3.05, 3.63) is 5.82 Å². The minimum Gasteiger partial charge on any atom is -0.503 e. The summed E-state index contributed by atoms with van der Waals surface area (Å²) in [5, 5.41) is 57.0. The molecule has 0 aliphatic heterocycles. The largest absolute Gasteiger partial charge is 0.503 e. The van der Waals surface area contributed by atoms with Crippen molar-refractivity contribution in [1.82, 2.24) is 0 Å². The number of nitrogen functional groups attached to an aromatic ring is 1. The number of anilines is 1. The summed E-state index contributed by atoms with van der Waals surface area (Å²) in [6.07, 6.45) is 0. The van der Waals surface area contributed by atoms with E-state index in [9.17, 15) is 35.0 Å². The van der Waals surface area contributed by atoms with Gasteiger partial charge in [0.05, 0.1) is 15.1 Å². The molecule has 0 bridgehead atoms. The van der Waals surface area contributed by atoms with Crippen LogP contribution in [0.15, 0.2) is 0 Å². The van der Waals surface area contributed by atoms with E-state index in [1.165, 1.54) is 0 Å². The van der Waals surface area contributed by atoms with Crippen LogP contribution in [0.25, 0.3) is 20.2 Å². The molecule has 7 nitrogen and oxygen atoms in total. The van der Waals surface area contributed by atoms with Crippen molar-refractivity contribution in [3.63, 3.8) is 0 Å². The smallest absolute Gasteiger partial charge is 0.204 e. The van der Waals surface area contributed by atoms with Crippen LogP contribution in [-0.2, 0) is 0 Å². The van der Waals surface area contributed by atoms with E-state index >= 15 is 0 Å². The summed E-state index contributed by atoms with van der Waals surface area (Å²) >= 11 is 0.627. The predicted molar refractivity (Wildman–Crippen MR) is 73.7 cm³/mol. The van der Waals surface area contributed by atoms with Gasteiger partial charge in [-0.3, -0.25) is 0 Å². The number of nitrogens with two attached hydrogens (primary N) is 1. The lowest BCUT2D eigenvalue weighted by Gasteiger charge is -2.07. The molecule has 0 unspecified atom stereocenters. The number of aromatic hydroxyl groups is 6. The average molecular weight is 313 g/mol. The Balaban J connectivity index is 2.73. The molecule has 110 valence electrons. The number of rotatable bonds is 0. The zero-order valence-electron chi connectivity index (χ0n) is 10.0. The highest BCUT2D eigenvalue weighted by Crippen LogP contribution is 2.56. The maximum atomic E-state index is 14.2. The van der Waals surface area contributed by atoms with Gasteiger partial charge in [0.25, 0.3) is 0 Å². The van der Waals surface area contributed by atoms with Crippen molar-refractivity contribution in [1.29, 1.82) is 0 Å². The van der Waals surface area contributed by atoms with E-state index in [1.807, 2.05) is 0 Å². The van der Waals surface area contributed by atoms with E-state index in [0.717, 1.165) is 0 Å². The molecular weight excluding hydrogens is 305 g/mol. The van der Waals surface area contributed by atoms with Gasteiger partial charge in [-0.1, -0.05) is 0 Å². The molecule has 9 heteroatoms. The monoisotopic (exact) mass is 313 g/mol. The number of thiophene rings is 1. The molecule has 21 heavy (non-hydrogen) atoms. The fraction of sp³-hybridized carbons (Fsp3) is 0. The molecule has 0 atom stereocenters. The highest BCUT2D eigenvalue weighted by atomic mass is 32.1. The molecule has 3 rings (SSSR count). The van der Waals surface area contributed by atoms with Crippen LogP contribution in [-0.4, -0.2) is 30.6 Å². The molecule has 2 aromatic carbocycles. The Morgan fingerprint density at radius 3 is 1.71 bits per heavy atom. The number of phenolic OH excluding ortho intramolecular Hbond substituents is 6. The van der Waals surface area contributed by atoms with Gasteiger partial charge in [0, 0.05) is 10.8 Å². The summed E-state index contributed by atoms with van der Waals surface area (Å²) in [6.45, 7) is 0. The van der Waals surface area contributed by atoms with Crippen molar-refractivity contribution in [2.75, 3.05) is 5.73 Å². The van der Waals surface area contributed by atoms with Crippen molar-refractivity contribution < 1.29 is 35.0 Å². The second-order valence-corrected chi connectivity index (χ2v) is 5.35. The van der Waals surface area contributed by atoms with Crippen LogP contribution in [0, 0.1) is 5.82 Å². The summed E-state index contributed by atoms with van der Waals surface area (Å²) < 4.78 is 13.8. The van der Waals surface area contributed by atoms with Crippen LogP contribution in [0.2, 0.25) is 0 Å². The number of hydrogen-bond acceptors (Lipinski definition) is 8. The van der Waals surface area contributed by atoms with E-state index in [4.69, 9.17) is 5.73 Å². The molecule has 0 saturated carbocycles. The SMILES string of the molecule is Nc1c(O)c(O)c(O)c2sc3c(O)c(O)c(O)c(F)c3c12. The molecule has 0 saturated heterocycles. The Hall–Kier alpha value is -2.81. The Labute approximate surface area is 119 Å². The number of benzene rings is 2. The first kappa shape index (κ1) is 13.2. The number of phenols is 6. The normalized spacial score (nSPS) is 11.5. The molecule has 0 aliphatic rings. The van der Waals surface area contributed by atoms with Gasteiger partial charge in [-0.2, -0.15) is 0 Å². The Kier molecular flexibility index (Phi) is 2.42. The zero-order valence-corrected chi connectivity index (χ0v) is 10.9. The van der Waals surface area contributed by atoms with E-state index in [1.54, 1.807) is 0 Å². The maximum absolute atomic E-state index is 14.2. The first-order valence-electron chi connectivity index (χ1n) is 5.48. The topological polar surface area (TPSA) is 147 Å². The van der Waals surface area contributed by atoms with E-state index in [0.29, 0.717) is 11.3 Å². The number of halogens is 1. The van der Waals surface area contributed by atoms with Crippen molar-refractivity contribution in [3.8, 4) is 34.5 Å². The van der Waals surface area contributed by atoms with Gasteiger partial charge in [-0.05, 0) is 0 Å². The standard InChI is InChI=1S/C12H8FNO6S/c13-3-1-2-4(14)6(16)8(18)10(20)12(2)21-11(1)9(19)7(17)5(3)15/h15-20H,14H2. The molecular formula is C12H8FNO6S. The fourth-order valence-electron chi connectivity index (χ4n) is 2.14. The lowest BCUT2D eigenvalue weighted by Crippen LogP contribution is -1.89. The molecule has 0 amide bonds. The van der Waals surface area contributed by atoms with Gasteiger partial charge in [0.15, 0.2) is 28.8 Å². The van der Waals surface area contributed by atoms with Gasteiger partial charge >= 0.3 is 0 Å². The molecule has 0 spiro atoms. The summed E-state index contributed by atoms with van der Waals surface area (Å²) in [6, 6.07) is 0. The highest BCUT2D eigenvalue weighted by Gasteiger charge is 2.27. The third-order valence-corrected chi connectivity index (χ3v) is 4.39. The van der Waals surface area contributed by atoms with E-state index in [-0.39, 0.29) is 20.2 Å². The van der Waals surface area contributed by atoms with E-state index in [2.05, 4.69) is 0 Å². The van der Waals surface area contributed by atoms with Gasteiger partial charge in [0.2, 0.25) is 11.5 Å². The van der Waals surface area contributed by atoms with E-state index < -0.39 is 46.0 Å². The van der Waals surface area contributed by atoms with Crippen molar-refractivity contribution >= 4 is 37.2 Å². The second-order valence-electron chi connectivity index (χ2n) is 4.33. The van der Waals surface area contributed by atoms with Crippen LogP contribution in [0.1, 0.15) is 0 Å². The molecule has 1 heterocycles. The van der Waals surface area contributed by atoms with Crippen LogP contribution in [0.4, 0.5) is 10.1 Å². The van der Waals surface area contributed by atoms with Gasteiger partial charge in [0.1, 0.15) is 0 Å². The zero-order chi connectivity index (χ0) is 15.6. The van der Waals surface area contributed by atoms with Crippen LogP contribution in [0.5, 0.6) is 34.5 Å². The Morgan fingerprint density at radius 1 is 0.667 bits per heavy atom. The summed E-state index contributed by atoms with van der Waals surface area (Å²) in [5.74, 6) is -6.82. The lowest BCUT2D eigenvalue weighted by molar-refractivity contribution is 0.357. The van der Waals surface area contributed by atoms with Crippen molar-refractivity contribution in [2.45, 2.75) is 0 Å². The highest BCUT2D eigenvalue weighted by molar-refractivity contribution is 7.26. The summed E-state index contributed by atoms with van der Waals surface area (Å²) in [4.78, 5) is 0. The summed E-state index contributed by atoms with van der Waals surface area (Å²) in [5.41, 5.74) is 5.16. The molecule has 3 aromatic rings. The number of hydrogen-bond donors (Lipinski definition) is 7. The molecule has 0 aliphatic carbocycles. The third kappa shape index (κ3) is 1.40. The maximum Gasteiger partial charge on any atom is 0.204 e. The second kappa shape index (κ2) is 3.85. The molecule has 1 aromatic heterocycles. The average Bonchev–Trinajstić information content (AvgIpc) is 2.87. The van der Waals surface area contributed by atoms with Crippen molar-refractivity contribution in [2.24, 2.45) is 0 Å². The minimum atomic E-state index is -1.28. The van der Waals surface area contributed by atoms with Crippen LogP contribution < -0.4 is 5.73 Å². The fourth-order valence-corrected chi connectivity index (χ4v) is 3.34. The predicted octanol–water partition coefficient (Wildman–Crippen LogP) is 2.01. The summed E-state index contributed by atoms with van der Waals surface area (Å²) in [7, 11) is 0. The number of fused-ring (bicyclic) bond motifs is 3. The third-order valence-electron chi connectivity index (χ3n) is 3.19. The molecule has 0 fully saturated rings. The molecule has 0 radical (unpaired) electrons. The van der Waals surface area contributed by atoms with Crippen LogP contribution >= 0.6 is 11.3 Å². The lowest BCUT2D eigenvalue weighted by atomic mass is 10.1. The van der Waals surface area contributed by atoms with Gasteiger partial charge in [-0.15, -0.1) is 11.3 Å². The van der Waals surface area contributed by atoms with Gasteiger partial charge in [-0.25, -0.2) is 4.39 Å². The first-order valence-corrected chi connectivity index (χ1v) is 6.29. The molecule has 8 N–H and O–H groups in total. The first-order chi connectivity index (χ1) is 9.77. The Bertz CT molecular complexity index is 861. The van der Waals surface area contributed by atoms with Crippen LogP contribution in [0.3, 0.4) is 0 Å². The quantitative estimate of drug-likeness (QED) is 0.191. The van der Waals surface area contributed by atoms with Gasteiger partial charge < -0.3 is 36.4 Å². The minimum absolute atomic E-state index is 0.114.